The van der Waals surface area contributed by atoms with Crippen LogP contribution in [0, 0.1) is 6.92 Å². The topological polar surface area (TPSA) is 93.4 Å². The lowest BCUT2D eigenvalue weighted by Crippen LogP contribution is -1.96. The van der Waals surface area contributed by atoms with Crippen LogP contribution in [0.3, 0.4) is 0 Å². The van der Waals surface area contributed by atoms with E-state index in [1.165, 1.54) is 0 Å². The third kappa shape index (κ3) is 1.88. The summed E-state index contributed by atoms with van der Waals surface area (Å²) in [7, 11) is 0. The highest BCUT2D eigenvalue weighted by atomic mass is 15.1. The van der Waals surface area contributed by atoms with E-state index in [4.69, 9.17) is 5.73 Å². The summed E-state index contributed by atoms with van der Waals surface area (Å²) in [4.78, 5) is 20.5. The number of imidazole rings is 1. The van der Waals surface area contributed by atoms with Crippen molar-refractivity contribution in [2.24, 2.45) is 0 Å². The lowest BCUT2D eigenvalue weighted by molar-refractivity contribution is 1.09. The first kappa shape index (κ1) is 11.8. The molecule has 1 aromatic carbocycles. The van der Waals surface area contributed by atoms with Crippen LogP contribution < -0.4 is 5.73 Å². The molecular formula is C15H12N6. The summed E-state index contributed by atoms with van der Waals surface area (Å²) in [5, 5.41) is 1.06. The first-order valence-electron chi connectivity index (χ1n) is 6.56. The molecule has 6 nitrogen and oxygen atoms in total. The molecular weight excluding hydrogens is 264 g/mol. The van der Waals surface area contributed by atoms with Crippen LogP contribution in [-0.4, -0.2) is 24.9 Å². The molecule has 3 aromatic heterocycles. The van der Waals surface area contributed by atoms with Gasteiger partial charge in [0.1, 0.15) is 11.6 Å². The highest BCUT2D eigenvalue weighted by Gasteiger charge is 2.11. The zero-order valence-corrected chi connectivity index (χ0v) is 11.3. The smallest absolute Gasteiger partial charge is 0.163 e. The highest BCUT2D eigenvalue weighted by Crippen LogP contribution is 2.24. The first-order chi connectivity index (χ1) is 10.2. The van der Waals surface area contributed by atoms with Crippen LogP contribution in [0.25, 0.3) is 33.5 Å². The summed E-state index contributed by atoms with van der Waals surface area (Å²) in [6.45, 7) is 1.80. The van der Waals surface area contributed by atoms with Crippen molar-refractivity contribution in [2.75, 3.05) is 5.73 Å². The molecule has 0 radical (unpaired) electrons. The number of hydrogen-bond acceptors (Lipinski definition) is 5. The molecule has 3 heterocycles. The second-order valence-corrected chi connectivity index (χ2v) is 4.86. The van der Waals surface area contributed by atoms with Crippen LogP contribution in [0.5, 0.6) is 0 Å². The number of pyridine rings is 1. The SMILES string of the molecule is Cc1nc(N)c2nc(-c3cnc4ccccc4c3)[nH]c2n1. The first-order valence-corrected chi connectivity index (χ1v) is 6.56. The fraction of sp³-hybridized carbons (Fsp3) is 0.0667. The molecule has 0 aliphatic heterocycles. The van der Waals surface area contributed by atoms with Gasteiger partial charge in [-0.15, -0.1) is 0 Å². The van der Waals surface area contributed by atoms with Gasteiger partial charge < -0.3 is 10.7 Å². The number of fused-ring (bicyclic) bond motifs is 2. The summed E-state index contributed by atoms with van der Waals surface area (Å²) in [6.07, 6.45) is 1.79. The van der Waals surface area contributed by atoms with Gasteiger partial charge in [0.2, 0.25) is 0 Å². The van der Waals surface area contributed by atoms with Crippen LogP contribution in [0.4, 0.5) is 5.82 Å². The molecule has 0 bridgehead atoms. The van der Waals surface area contributed by atoms with Crippen molar-refractivity contribution >= 4 is 27.9 Å². The number of para-hydroxylation sites is 1. The Morgan fingerprint density at radius 2 is 1.95 bits per heavy atom. The van der Waals surface area contributed by atoms with Crippen molar-refractivity contribution in [3.05, 3.63) is 42.4 Å². The van der Waals surface area contributed by atoms with Crippen molar-refractivity contribution in [1.82, 2.24) is 24.9 Å². The van der Waals surface area contributed by atoms with Crippen molar-refractivity contribution in [1.29, 1.82) is 0 Å². The van der Waals surface area contributed by atoms with Crippen molar-refractivity contribution in [2.45, 2.75) is 6.92 Å². The highest BCUT2D eigenvalue weighted by molar-refractivity contribution is 5.87. The van der Waals surface area contributed by atoms with E-state index in [1.54, 1.807) is 13.1 Å². The number of anilines is 1. The lowest BCUT2D eigenvalue weighted by Gasteiger charge is -1.99. The van der Waals surface area contributed by atoms with Crippen LogP contribution >= 0.6 is 0 Å². The van der Waals surface area contributed by atoms with E-state index in [0.29, 0.717) is 28.6 Å². The predicted molar refractivity (Wildman–Crippen MR) is 81.6 cm³/mol. The Labute approximate surface area is 120 Å². The van der Waals surface area contributed by atoms with Gasteiger partial charge in [-0.25, -0.2) is 15.0 Å². The number of rotatable bonds is 1. The molecule has 0 spiro atoms. The summed E-state index contributed by atoms with van der Waals surface area (Å²) in [5.74, 6) is 1.69. The molecule has 0 saturated carbocycles. The Hall–Kier alpha value is -3.02. The van der Waals surface area contributed by atoms with E-state index in [-0.39, 0.29) is 0 Å². The maximum absolute atomic E-state index is 5.89. The molecule has 0 fully saturated rings. The number of hydrogen-bond donors (Lipinski definition) is 2. The second-order valence-electron chi connectivity index (χ2n) is 4.86. The van der Waals surface area contributed by atoms with Gasteiger partial charge in [0.25, 0.3) is 0 Å². The number of H-pyrrole nitrogens is 1. The summed E-state index contributed by atoms with van der Waals surface area (Å²) in [6, 6.07) is 9.99. The quantitative estimate of drug-likeness (QED) is 0.557. The van der Waals surface area contributed by atoms with Gasteiger partial charge in [0.05, 0.1) is 5.52 Å². The minimum Gasteiger partial charge on any atom is -0.382 e. The normalized spacial score (nSPS) is 11.3. The maximum atomic E-state index is 5.89. The fourth-order valence-corrected chi connectivity index (χ4v) is 2.37. The van der Waals surface area contributed by atoms with Gasteiger partial charge in [-0.2, -0.15) is 0 Å². The van der Waals surface area contributed by atoms with E-state index >= 15 is 0 Å². The molecule has 0 amide bonds. The Morgan fingerprint density at radius 3 is 2.86 bits per heavy atom. The molecule has 0 atom stereocenters. The molecule has 0 aliphatic rings. The average Bonchev–Trinajstić information content (AvgIpc) is 2.91. The number of nitrogens with one attached hydrogen (secondary N) is 1. The number of nitrogens with zero attached hydrogens (tertiary/aromatic N) is 4. The van der Waals surface area contributed by atoms with Crippen LogP contribution in [0.1, 0.15) is 5.82 Å². The molecule has 0 aliphatic carbocycles. The monoisotopic (exact) mass is 276 g/mol. The standard InChI is InChI=1S/C15H12N6/c1-8-18-13(16)12-15(19-8)21-14(20-12)10-6-9-4-2-3-5-11(9)17-7-10/h2-7H,1H3,(H3,16,18,19,20,21). The maximum Gasteiger partial charge on any atom is 0.163 e. The Morgan fingerprint density at radius 1 is 1.10 bits per heavy atom. The number of aromatic nitrogens is 5. The Balaban J connectivity index is 1.93. The van der Waals surface area contributed by atoms with Gasteiger partial charge in [-0.3, -0.25) is 4.98 Å². The molecule has 0 unspecified atom stereocenters. The summed E-state index contributed by atoms with van der Waals surface area (Å²) >= 11 is 0. The van der Waals surface area contributed by atoms with Crippen molar-refractivity contribution in [3.8, 4) is 11.4 Å². The zero-order valence-electron chi connectivity index (χ0n) is 11.3. The van der Waals surface area contributed by atoms with Gasteiger partial charge in [0, 0.05) is 17.1 Å². The van der Waals surface area contributed by atoms with Gasteiger partial charge in [-0.1, -0.05) is 18.2 Å². The van der Waals surface area contributed by atoms with Crippen LogP contribution in [0.2, 0.25) is 0 Å². The molecule has 4 aromatic rings. The summed E-state index contributed by atoms with van der Waals surface area (Å²) in [5.41, 5.74) is 8.96. The third-order valence-electron chi connectivity index (χ3n) is 3.35. The Kier molecular flexibility index (Phi) is 2.38. The number of nitrogen functional groups attached to an aromatic ring is 1. The number of benzene rings is 1. The lowest BCUT2D eigenvalue weighted by atomic mass is 10.1. The third-order valence-corrected chi connectivity index (χ3v) is 3.35. The van der Waals surface area contributed by atoms with Gasteiger partial charge in [0.15, 0.2) is 17.0 Å². The van der Waals surface area contributed by atoms with E-state index in [9.17, 15) is 0 Å². The van der Waals surface area contributed by atoms with E-state index in [1.807, 2.05) is 30.3 Å². The molecule has 0 saturated heterocycles. The van der Waals surface area contributed by atoms with Crippen molar-refractivity contribution < 1.29 is 0 Å². The minimum atomic E-state index is 0.383. The molecule has 21 heavy (non-hydrogen) atoms. The predicted octanol–water partition coefficient (Wildman–Crippen LogP) is 2.46. The van der Waals surface area contributed by atoms with E-state index < -0.39 is 0 Å². The molecule has 3 N–H and O–H groups in total. The largest absolute Gasteiger partial charge is 0.382 e. The average molecular weight is 276 g/mol. The number of nitrogens with two attached hydrogens (primary N) is 1. The summed E-state index contributed by atoms with van der Waals surface area (Å²) < 4.78 is 0. The van der Waals surface area contributed by atoms with Crippen molar-refractivity contribution in [3.63, 3.8) is 0 Å². The van der Waals surface area contributed by atoms with Crippen LogP contribution in [0.15, 0.2) is 36.5 Å². The van der Waals surface area contributed by atoms with E-state index in [0.717, 1.165) is 16.5 Å². The number of aryl methyl sites for hydroxylation is 1. The van der Waals surface area contributed by atoms with Gasteiger partial charge in [-0.05, 0) is 19.1 Å². The minimum absolute atomic E-state index is 0.383. The number of aromatic amines is 1. The molecule has 4 rings (SSSR count). The van der Waals surface area contributed by atoms with E-state index in [2.05, 4.69) is 24.9 Å². The van der Waals surface area contributed by atoms with Crippen LogP contribution in [-0.2, 0) is 0 Å². The second kappa shape index (κ2) is 4.24. The Bertz CT molecular complexity index is 972. The zero-order chi connectivity index (χ0) is 14.4. The molecule has 6 heteroatoms. The molecule has 102 valence electrons. The van der Waals surface area contributed by atoms with Gasteiger partial charge >= 0.3 is 0 Å². The fourth-order valence-electron chi connectivity index (χ4n) is 2.37.